The third-order valence-electron chi connectivity index (χ3n) is 1.87. The zero-order chi connectivity index (χ0) is 12.3. The Morgan fingerprint density at radius 2 is 2.25 bits per heavy atom. The maximum atomic E-state index is 11.0. The molecule has 4 nitrogen and oxygen atoms in total. The summed E-state index contributed by atoms with van der Waals surface area (Å²) >= 11 is 7.15. The largest absolute Gasteiger partial charge is 0.478 e. The van der Waals surface area contributed by atoms with E-state index in [2.05, 4.69) is 0 Å². The molecule has 0 heterocycles. The number of rotatable bonds is 4. The maximum absolute atomic E-state index is 11.0. The molecule has 0 saturated heterocycles. The Labute approximate surface area is 102 Å². The lowest BCUT2D eigenvalue weighted by molar-refractivity contribution is 0.0693. The van der Waals surface area contributed by atoms with Crippen LogP contribution in [-0.4, -0.2) is 28.0 Å². The van der Waals surface area contributed by atoms with Gasteiger partial charge >= 0.3 is 5.97 Å². The molecule has 88 valence electrons. The minimum absolute atomic E-state index is 0.0512. The maximum Gasteiger partial charge on any atom is 0.336 e. The van der Waals surface area contributed by atoms with Crippen molar-refractivity contribution in [2.45, 2.75) is 17.1 Å². The van der Waals surface area contributed by atoms with Crippen LogP contribution in [0.15, 0.2) is 17.0 Å². The number of carbonyl (C=O) groups is 1. The van der Waals surface area contributed by atoms with Gasteiger partial charge in [-0.1, -0.05) is 18.5 Å². The van der Waals surface area contributed by atoms with Crippen LogP contribution >= 0.6 is 23.4 Å². The molecule has 6 heteroatoms. The normalized spacial score (nSPS) is 12.4. The first-order valence-corrected chi connectivity index (χ1v) is 5.81. The Bertz CT molecular complexity index is 411. The third kappa shape index (κ3) is 3.04. The summed E-state index contributed by atoms with van der Waals surface area (Å²) in [5.74, 6) is -1.08. The summed E-state index contributed by atoms with van der Waals surface area (Å²) in [6.07, 6.45) is 0. The fourth-order valence-corrected chi connectivity index (χ4v) is 2.41. The smallest absolute Gasteiger partial charge is 0.336 e. The highest BCUT2D eigenvalue weighted by Crippen LogP contribution is 2.35. The van der Waals surface area contributed by atoms with Crippen LogP contribution in [0.2, 0.25) is 5.02 Å². The number of hydrogen-bond acceptors (Lipinski definition) is 4. The van der Waals surface area contributed by atoms with Gasteiger partial charge < -0.3 is 15.9 Å². The zero-order valence-electron chi connectivity index (χ0n) is 8.61. The van der Waals surface area contributed by atoms with E-state index in [0.717, 1.165) is 0 Å². The highest BCUT2D eigenvalue weighted by Gasteiger charge is 2.17. The highest BCUT2D eigenvalue weighted by atomic mass is 35.5. The monoisotopic (exact) mass is 261 g/mol. The van der Waals surface area contributed by atoms with Crippen LogP contribution in [0.4, 0.5) is 5.69 Å². The van der Waals surface area contributed by atoms with Crippen molar-refractivity contribution in [3.8, 4) is 0 Å². The average molecular weight is 262 g/mol. The van der Waals surface area contributed by atoms with Crippen LogP contribution < -0.4 is 5.73 Å². The first-order valence-electron chi connectivity index (χ1n) is 4.55. The van der Waals surface area contributed by atoms with Crippen molar-refractivity contribution in [1.82, 2.24) is 0 Å². The first kappa shape index (κ1) is 13.2. The molecule has 0 aliphatic heterocycles. The van der Waals surface area contributed by atoms with Gasteiger partial charge in [-0.15, -0.1) is 11.8 Å². The summed E-state index contributed by atoms with van der Waals surface area (Å²) < 4.78 is 0. The molecular formula is C10H12ClNO3S. The lowest BCUT2D eigenvalue weighted by Gasteiger charge is -2.12. The second kappa shape index (κ2) is 5.43. The zero-order valence-corrected chi connectivity index (χ0v) is 10.2. The van der Waals surface area contributed by atoms with Crippen LogP contribution in [0.5, 0.6) is 0 Å². The van der Waals surface area contributed by atoms with E-state index < -0.39 is 5.97 Å². The van der Waals surface area contributed by atoms with Crippen LogP contribution in [0.1, 0.15) is 17.3 Å². The van der Waals surface area contributed by atoms with Gasteiger partial charge in [0.2, 0.25) is 0 Å². The number of benzene rings is 1. The highest BCUT2D eigenvalue weighted by molar-refractivity contribution is 8.00. The number of halogens is 1. The molecule has 1 atom stereocenters. The molecule has 0 aromatic heterocycles. The van der Waals surface area contributed by atoms with E-state index in [1.54, 1.807) is 6.92 Å². The second-order valence-corrected chi connectivity index (χ2v) is 5.15. The predicted octanol–water partition coefficient (Wildman–Crippen LogP) is 2.09. The summed E-state index contributed by atoms with van der Waals surface area (Å²) in [4.78, 5) is 11.4. The van der Waals surface area contributed by atoms with Gasteiger partial charge in [-0.3, -0.25) is 0 Å². The van der Waals surface area contributed by atoms with E-state index in [-0.39, 0.29) is 17.4 Å². The molecule has 0 aliphatic carbocycles. The minimum Gasteiger partial charge on any atom is -0.478 e. The molecule has 0 saturated carbocycles. The van der Waals surface area contributed by atoms with Crippen molar-refractivity contribution in [2.24, 2.45) is 0 Å². The number of aliphatic hydroxyl groups excluding tert-OH is 1. The van der Waals surface area contributed by atoms with Crippen molar-refractivity contribution in [3.63, 3.8) is 0 Å². The van der Waals surface area contributed by atoms with Gasteiger partial charge in [0.25, 0.3) is 0 Å². The first-order chi connectivity index (χ1) is 7.45. The van der Waals surface area contributed by atoms with E-state index in [9.17, 15) is 4.79 Å². The molecule has 1 aromatic rings. The van der Waals surface area contributed by atoms with Crippen molar-refractivity contribution in [2.75, 3.05) is 12.3 Å². The number of hydrogen-bond donors (Lipinski definition) is 3. The third-order valence-corrected chi connectivity index (χ3v) is 3.51. The topological polar surface area (TPSA) is 83.5 Å². The molecule has 16 heavy (non-hydrogen) atoms. The number of anilines is 1. The number of thioether (sulfide) groups is 1. The summed E-state index contributed by atoms with van der Waals surface area (Å²) in [6.45, 7) is 1.73. The van der Waals surface area contributed by atoms with E-state index >= 15 is 0 Å². The summed E-state index contributed by atoms with van der Waals surface area (Å²) in [5, 5.41) is 18.1. The van der Waals surface area contributed by atoms with Gasteiger partial charge in [0, 0.05) is 15.8 Å². The quantitative estimate of drug-likeness (QED) is 0.571. The lowest BCUT2D eigenvalue weighted by atomic mass is 10.2. The second-order valence-electron chi connectivity index (χ2n) is 3.30. The van der Waals surface area contributed by atoms with Crippen molar-refractivity contribution in [3.05, 3.63) is 22.7 Å². The number of nitrogens with two attached hydrogens (primary N) is 1. The van der Waals surface area contributed by atoms with Crippen molar-refractivity contribution >= 4 is 35.0 Å². The molecule has 1 aromatic carbocycles. The number of carboxylic acids is 1. The van der Waals surface area contributed by atoms with Gasteiger partial charge in [0.15, 0.2) is 0 Å². The molecule has 0 spiro atoms. The average Bonchev–Trinajstić information content (AvgIpc) is 2.20. The van der Waals surface area contributed by atoms with Gasteiger partial charge in [0.05, 0.1) is 17.2 Å². The number of aromatic carboxylic acids is 1. The molecule has 1 unspecified atom stereocenters. The molecule has 0 radical (unpaired) electrons. The SMILES string of the molecule is CC(CO)Sc1c(Cl)cc(N)cc1C(=O)O. The Morgan fingerprint density at radius 3 is 2.75 bits per heavy atom. The van der Waals surface area contributed by atoms with E-state index in [4.69, 9.17) is 27.5 Å². The fraction of sp³-hybridized carbons (Fsp3) is 0.300. The van der Waals surface area contributed by atoms with Gasteiger partial charge in [-0.2, -0.15) is 0 Å². The number of aliphatic hydroxyl groups is 1. The van der Waals surface area contributed by atoms with Crippen LogP contribution in [0.25, 0.3) is 0 Å². The van der Waals surface area contributed by atoms with Crippen molar-refractivity contribution in [1.29, 1.82) is 0 Å². The molecular weight excluding hydrogens is 250 g/mol. The molecule has 0 bridgehead atoms. The van der Waals surface area contributed by atoms with Crippen LogP contribution in [0, 0.1) is 0 Å². The Kier molecular flexibility index (Phi) is 4.46. The Hall–Kier alpha value is -0.910. The fourth-order valence-electron chi connectivity index (χ4n) is 1.13. The summed E-state index contributed by atoms with van der Waals surface area (Å²) in [6, 6.07) is 2.86. The van der Waals surface area contributed by atoms with Gasteiger partial charge in [-0.25, -0.2) is 4.79 Å². The number of nitrogen functional groups attached to an aromatic ring is 1. The van der Waals surface area contributed by atoms with Crippen LogP contribution in [0.3, 0.4) is 0 Å². The molecule has 4 N–H and O–H groups in total. The van der Waals surface area contributed by atoms with E-state index in [1.165, 1.54) is 23.9 Å². The Morgan fingerprint density at radius 1 is 1.62 bits per heavy atom. The summed E-state index contributed by atoms with van der Waals surface area (Å²) in [7, 11) is 0. The lowest BCUT2D eigenvalue weighted by Crippen LogP contribution is -2.06. The molecule has 0 aliphatic rings. The molecule has 0 amide bonds. The van der Waals surface area contributed by atoms with Gasteiger partial charge in [0.1, 0.15) is 0 Å². The van der Waals surface area contributed by atoms with E-state index in [0.29, 0.717) is 15.6 Å². The predicted molar refractivity (Wildman–Crippen MR) is 65.2 cm³/mol. The minimum atomic E-state index is -1.08. The van der Waals surface area contributed by atoms with E-state index in [1.807, 2.05) is 0 Å². The Balaban J connectivity index is 3.19. The van der Waals surface area contributed by atoms with Crippen molar-refractivity contribution < 1.29 is 15.0 Å². The molecule has 0 fully saturated rings. The standard InChI is InChI=1S/C10H12ClNO3S/c1-5(4-13)16-9-7(10(14)15)2-6(12)3-8(9)11/h2-3,5,13H,4,12H2,1H3,(H,14,15). The molecule has 1 rings (SSSR count). The number of carboxylic acid groups (broad SMARTS) is 1. The van der Waals surface area contributed by atoms with Crippen LogP contribution in [-0.2, 0) is 0 Å². The summed E-state index contributed by atoms with van der Waals surface area (Å²) in [5.41, 5.74) is 5.90. The van der Waals surface area contributed by atoms with Gasteiger partial charge in [-0.05, 0) is 12.1 Å².